The van der Waals surface area contributed by atoms with Crippen molar-refractivity contribution in [1.82, 2.24) is 0 Å². The Labute approximate surface area is 187 Å². The normalized spacial score (nSPS) is 10.3. The maximum Gasteiger partial charge on any atom is 0.341 e. The summed E-state index contributed by atoms with van der Waals surface area (Å²) in [5.74, 6) is -0.886. The molecule has 0 fully saturated rings. The third-order valence-corrected chi connectivity index (χ3v) is 5.88. The molecule has 2 amide bonds. The SMILES string of the molecule is COC(=O)c1c(NC(=O)c2ccc(OC)cc2)sc(C(=O)Nc2ccc(Cl)cc2)c1C. The van der Waals surface area contributed by atoms with Gasteiger partial charge < -0.3 is 20.1 Å². The summed E-state index contributed by atoms with van der Waals surface area (Å²) in [6, 6.07) is 13.1. The van der Waals surface area contributed by atoms with E-state index in [4.69, 9.17) is 21.1 Å². The van der Waals surface area contributed by atoms with Gasteiger partial charge in [0.1, 0.15) is 10.8 Å². The lowest BCUT2D eigenvalue weighted by atomic mass is 10.1. The van der Waals surface area contributed by atoms with E-state index in [1.807, 2.05) is 0 Å². The molecule has 9 heteroatoms. The monoisotopic (exact) mass is 458 g/mol. The van der Waals surface area contributed by atoms with E-state index in [-0.39, 0.29) is 15.4 Å². The largest absolute Gasteiger partial charge is 0.497 e. The molecular formula is C22H19ClN2O5S. The molecule has 31 heavy (non-hydrogen) atoms. The molecule has 0 bridgehead atoms. The molecule has 160 valence electrons. The van der Waals surface area contributed by atoms with Gasteiger partial charge in [0.2, 0.25) is 0 Å². The highest BCUT2D eigenvalue weighted by Crippen LogP contribution is 2.34. The van der Waals surface area contributed by atoms with E-state index in [1.54, 1.807) is 55.5 Å². The van der Waals surface area contributed by atoms with Crippen LogP contribution in [0.5, 0.6) is 5.75 Å². The van der Waals surface area contributed by atoms with Gasteiger partial charge in [0.15, 0.2) is 0 Å². The zero-order chi connectivity index (χ0) is 22.5. The van der Waals surface area contributed by atoms with Crippen LogP contribution in [0.3, 0.4) is 0 Å². The van der Waals surface area contributed by atoms with Crippen LogP contribution < -0.4 is 15.4 Å². The van der Waals surface area contributed by atoms with Crippen LogP contribution in [0.4, 0.5) is 10.7 Å². The number of halogens is 1. The first-order valence-electron chi connectivity index (χ1n) is 9.08. The first kappa shape index (κ1) is 22.3. The molecule has 0 spiro atoms. The molecule has 3 rings (SSSR count). The Balaban J connectivity index is 1.90. The number of hydrogen-bond donors (Lipinski definition) is 2. The third kappa shape index (κ3) is 5.04. The summed E-state index contributed by atoms with van der Waals surface area (Å²) in [5.41, 5.74) is 1.46. The van der Waals surface area contributed by atoms with Gasteiger partial charge in [-0.2, -0.15) is 0 Å². The van der Waals surface area contributed by atoms with Crippen molar-refractivity contribution >= 4 is 51.4 Å². The van der Waals surface area contributed by atoms with E-state index < -0.39 is 17.8 Å². The fourth-order valence-corrected chi connectivity index (χ4v) is 4.02. The number of carbonyl (C=O) groups is 3. The van der Waals surface area contributed by atoms with Crippen LogP contribution in [0.2, 0.25) is 5.02 Å². The predicted molar refractivity (Wildman–Crippen MR) is 121 cm³/mol. The number of esters is 1. The van der Waals surface area contributed by atoms with E-state index in [0.29, 0.717) is 27.6 Å². The lowest BCUT2D eigenvalue weighted by Crippen LogP contribution is -2.14. The Kier molecular flexibility index (Phi) is 6.94. The van der Waals surface area contributed by atoms with Crippen LogP contribution in [0.1, 0.15) is 36.0 Å². The number of hydrogen-bond acceptors (Lipinski definition) is 6. The molecule has 2 aromatic carbocycles. The lowest BCUT2D eigenvalue weighted by molar-refractivity contribution is 0.0601. The minimum atomic E-state index is -0.649. The number of rotatable bonds is 6. The number of ether oxygens (including phenoxy) is 2. The van der Waals surface area contributed by atoms with Crippen molar-refractivity contribution in [3.63, 3.8) is 0 Å². The summed E-state index contributed by atoms with van der Waals surface area (Å²) in [6.45, 7) is 1.63. The summed E-state index contributed by atoms with van der Waals surface area (Å²) >= 11 is 6.87. The fourth-order valence-electron chi connectivity index (χ4n) is 2.80. The summed E-state index contributed by atoms with van der Waals surface area (Å²) in [6.07, 6.45) is 0. The second-order valence-electron chi connectivity index (χ2n) is 6.40. The molecule has 1 heterocycles. The van der Waals surface area contributed by atoms with Crippen molar-refractivity contribution in [2.75, 3.05) is 24.9 Å². The lowest BCUT2D eigenvalue weighted by Gasteiger charge is -2.07. The summed E-state index contributed by atoms with van der Waals surface area (Å²) in [5, 5.41) is 6.23. The molecule has 3 aromatic rings. The summed E-state index contributed by atoms with van der Waals surface area (Å²) in [4.78, 5) is 38.1. The van der Waals surface area contributed by atoms with Gasteiger partial charge in [-0.3, -0.25) is 9.59 Å². The number of amides is 2. The molecule has 0 saturated heterocycles. The van der Waals surface area contributed by atoms with Crippen molar-refractivity contribution < 1.29 is 23.9 Å². The highest BCUT2D eigenvalue weighted by molar-refractivity contribution is 7.19. The van der Waals surface area contributed by atoms with Gasteiger partial charge >= 0.3 is 5.97 Å². The van der Waals surface area contributed by atoms with Crippen LogP contribution >= 0.6 is 22.9 Å². The Morgan fingerprint density at radius 2 is 1.55 bits per heavy atom. The maximum absolute atomic E-state index is 12.8. The molecule has 0 aliphatic carbocycles. The zero-order valence-corrected chi connectivity index (χ0v) is 18.5. The number of benzene rings is 2. The van der Waals surface area contributed by atoms with Crippen molar-refractivity contribution in [1.29, 1.82) is 0 Å². The fraction of sp³-hybridized carbons (Fsp3) is 0.136. The molecule has 2 N–H and O–H groups in total. The van der Waals surface area contributed by atoms with E-state index in [1.165, 1.54) is 14.2 Å². The standard InChI is InChI=1S/C22H19ClN2O5S/c1-12-17(22(28)30-3)21(25-19(26)13-4-10-16(29-2)11-5-13)31-18(12)20(27)24-15-8-6-14(23)7-9-15/h4-11H,1-3H3,(H,24,27)(H,25,26). The van der Waals surface area contributed by atoms with Gasteiger partial charge in [-0.15, -0.1) is 11.3 Å². The van der Waals surface area contributed by atoms with Gasteiger partial charge in [-0.05, 0) is 61.0 Å². The minimum absolute atomic E-state index is 0.135. The quantitative estimate of drug-likeness (QED) is 0.506. The molecule has 0 unspecified atom stereocenters. The van der Waals surface area contributed by atoms with Crippen LogP contribution in [-0.4, -0.2) is 32.0 Å². The topological polar surface area (TPSA) is 93.7 Å². The first-order valence-corrected chi connectivity index (χ1v) is 10.3. The van der Waals surface area contributed by atoms with Crippen LogP contribution in [0, 0.1) is 6.92 Å². The minimum Gasteiger partial charge on any atom is -0.497 e. The van der Waals surface area contributed by atoms with Gasteiger partial charge in [-0.25, -0.2) is 4.79 Å². The van der Waals surface area contributed by atoms with Crippen molar-refractivity contribution in [2.45, 2.75) is 6.92 Å². The predicted octanol–water partition coefficient (Wildman–Crippen LogP) is 5.01. The average Bonchev–Trinajstić information content (AvgIpc) is 3.10. The number of methoxy groups -OCH3 is 2. The molecule has 7 nitrogen and oxygen atoms in total. The van der Waals surface area contributed by atoms with Gasteiger partial charge in [-0.1, -0.05) is 11.6 Å². The van der Waals surface area contributed by atoms with Crippen LogP contribution in [-0.2, 0) is 4.74 Å². The van der Waals surface area contributed by atoms with Gasteiger partial charge in [0.05, 0.1) is 24.7 Å². The van der Waals surface area contributed by atoms with E-state index in [9.17, 15) is 14.4 Å². The van der Waals surface area contributed by atoms with Crippen LogP contribution in [0.25, 0.3) is 0 Å². The van der Waals surface area contributed by atoms with E-state index >= 15 is 0 Å². The average molecular weight is 459 g/mol. The molecule has 1 aromatic heterocycles. The summed E-state index contributed by atoms with van der Waals surface area (Å²) < 4.78 is 9.94. The molecule has 0 aliphatic heterocycles. The Morgan fingerprint density at radius 3 is 2.13 bits per heavy atom. The molecule has 0 saturated carbocycles. The Morgan fingerprint density at radius 1 is 0.903 bits per heavy atom. The zero-order valence-electron chi connectivity index (χ0n) is 16.9. The van der Waals surface area contributed by atoms with Crippen LogP contribution in [0.15, 0.2) is 48.5 Å². The highest BCUT2D eigenvalue weighted by atomic mass is 35.5. The Bertz CT molecular complexity index is 1120. The number of thiophene rings is 1. The number of anilines is 2. The molecule has 0 atom stereocenters. The molecular weight excluding hydrogens is 440 g/mol. The number of carbonyl (C=O) groups excluding carboxylic acids is 3. The maximum atomic E-state index is 12.8. The molecule has 0 aliphatic rings. The van der Waals surface area contributed by atoms with E-state index in [0.717, 1.165) is 11.3 Å². The smallest absolute Gasteiger partial charge is 0.341 e. The highest BCUT2D eigenvalue weighted by Gasteiger charge is 2.26. The second-order valence-corrected chi connectivity index (χ2v) is 7.85. The third-order valence-electron chi connectivity index (χ3n) is 4.42. The second kappa shape index (κ2) is 9.63. The van der Waals surface area contributed by atoms with Crippen molar-refractivity contribution in [3.05, 3.63) is 75.1 Å². The van der Waals surface area contributed by atoms with Crippen molar-refractivity contribution in [2.24, 2.45) is 0 Å². The molecule has 0 radical (unpaired) electrons. The first-order chi connectivity index (χ1) is 14.8. The van der Waals surface area contributed by atoms with E-state index in [2.05, 4.69) is 10.6 Å². The van der Waals surface area contributed by atoms with Gasteiger partial charge in [0.25, 0.3) is 11.8 Å². The Hall–Kier alpha value is -3.36. The number of nitrogens with one attached hydrogen (secondary N) is 2. The summed E-state index contributed by atoms with van der Waals surface area (Å²) in [7, 11) is 2.77. The van der Waals surface area contributed by atoms with Gasteiger partial charge in [0, 0.05) is 16.3 Å². The van der Waals surface area contributed by atoms with Crippen molar-refractivity contribution in [3.8, 4) is 5.75 Å².